The van der Waals surface area contributed by atoms with Crippen molar-refractivity contribution in [3.8, 4) is 0 Å². The second-order valence-corrected chi connectivity index (χ2v) is 6.95. The van der Waals surface area contributed by atoms with Crippen molar-refractivity contribution < 1.29 is 9.59 Å². The average Bonchev–Trinajstić information content (AvgIpc) is 3.21. The summed E-state index contributed by atoms with van der Waals surface area (Å²) < 4.78 is 1.83. The van der Waals surface area contributed by atoms with Gasteiger partial charge in [-0.3, -0.25) is 19.2 Å². The van der Waals surface area contributed by atoms with Crippen molar-refractivity contribution in [1.82, 2.24) is 14.7 Å². The Hall–Kier alpha value is -2.95. The monoisotopic (exact) mass is 331 g/mol. The van der Waals surface area contributed by atoms with E-state index in [-0.39, 0.29) is 11.8 Å². The maximum atomic E-state index is 12.5. The minimum atomic E-state index is -0.161. The summed E-state index contributed by atoms with van der Waals surface area (Å²) >= 11 is 0. The molecule has 0 spiro atoms. The first-order valence-corrected chi connectivity index (χ1v) is 8.51. The van der Waals surface area contributed by atoms with Crippen LogP contribution in [0, 0.1) is 5.92 Å². The third-order valence-corrected chi connectivity index (χ3v) is 5.32. The molecule has 2 amide bonds. The van der Waals surface area contributed by atoms with Crippen LogP contribution in [0.25, 0.3) is 10.9 Å². The summed E-state index contributed by atoms with van der Waals surface area (Å²) in [5.41, 5.74) is 3.32. The molecule has 5 rings (SSSR count). The normalized spacial score (nSPS) is 21.9. The van der Waals surface area contributed by atoms with Gasteiger partial charge in [0.2, 0.25) is 0 Å². The molecule has 124 valence electrons. The number of aryl methyl sites for hydroxylation is 1. The highest BCUT2D eigenvalue weighted by Gasteiger charge is 2.45. The van der Waals surface area contributed by atoms with Gasteiger partial charge in [-0.2, -0.15) is 5.10 Å². The van der Waals surface area contributed by atoms with Crippen molar-refractivity contribution in [2.75, 3.05) is 6.54 Å². The minimum absolute atomic E-state index is 0.161. The molecule has 0 radical (unpaired) electrons. The average molecular weight is 331 g/mol. The first-order chi connectivity index (χ1) is 12.1. The number of fused-ring (bicyclic) bond motifs is 2. The van der Waals surface area contributed by atoms with E-state index in [1.807, 2.05) is 30.1 Å². The fourth-order valence-electron chi connectivity index (χ4n) is 3.98. The lowest BCUT2D eigenvalue weighted by molar-refractivity contribution is 0.0646. The number of hydrogen-bond acceptors (Lipinski definition) is 3. The van der Waals surface area contributed by atoms with Crippen LogP contribution in [-0.2, 0) is 7.05 Å². The van der Waals surface area contributed by atoms with E-state index in [1.165, 1.54) is 15.8 Å². The molecular weight excluding hydrogens is 314 g/mol. The summed E-state index contributed by atoms with van der Waals surface area (Å²) in [6.07, 6.45) is 3.05. The van der Waals surface area contributed by atoms with Crippen LogP contribution >= 0.6 is 0 Å². The fourth-order valence-corrected chi connectivity index (χ4v) is 3.98. The minimum Gasteiger partial charge on any atom is -0.275 e. The summed E-state index contributed by atoms with van der Waals surface area (Å²) in [5.74, 6) is 0.391. The Morgan fingerprint density at radius 1 is 1.04 bits per heavy atom. The molecule has 5 nitrogen and oxygen atoms in total. The summed E-state index contributed by atoms with van der Waals surface area (Å²) in [6.45, 7) is 0.494. The Morgan fingerprint density at radius 3 is 2.48 bits per heavy atom. The molecule has 25 heavy (non-hydrogen) atoms. The van der Waals surface area contributed by atoms with Crippen molar-refractivity contribution >= 4 is 22.7 Å². The second-order valence-electron chi connectivity index (χ2n) is 6.95. The lowest BCUT2D eigenvalue weighted by Gasteiger charge is -2.13. The molecule has 2 atom stereocenters. The van der Waals surface area contributed by atoms with E-state index in [0.29, 0.717) is 29.5 Å². The number of imide groups is 1. The first-order valence-electron chi connectivity index (χ1n) is 8.51. The van der Waals surface area contributed by atoms with Gasteiger partial charge >= 0.3 is 0 Å². The van der Waals surface area contributed by atoms with Crippen molar-refractivity contribution in [3.63, 3.8) is 0 Å². The SMILES string of the molecule is Cn1cc2c([C@H]3C[C@H]3CN3C(=O)c4ccccc4C3=O)cccc2n1. The standard InChI is InChI=1S/C20H17N3O2/c1-22-11-17-13(7-4-8-18(17)21-22)16-9-12(16)10-23-19(24)14-5-2-3-6-15(14)20(23)25/h2-8,11-12,16H,9-10H2,1H3/t12-,16-/m0/s1. The number of carbonyl (C=O) groups is 2. The number of aromatic nitrogens is 2. The lowest BCUT2D eigenvalue weighted by atomic mass is 10.0. The van der Waals surface area contributed by atoms with Crippen LogP contribution in [0.15, 0.2) is 48.7 Å². The molecule has 1 aliphatic heterocycles. The van der Waals surface area contributed by atoms with Gasteiger partial charge in [0.05, 0.1) is 16.6 Å². The summed E-state index contributed by atoms with van der Waals surface area (Å²) in [7, 11) is 1.92. The molecule has 1 aliphatic carbocycles. The molecule has 2 aromatic carbocycles. The van der Waals surface area contributed by atoms with Crippen LogP contribution in [0.1, 0.15) is 38.6 Å². The van der Waals surface area contributed by atoms with E-state index >= 15 is 0 Å². The quantitative estimate of drug-likeness (QED) is 0.693. The molecule has 0 bridgehead atoms. The molecule has 0 N–H and O–H groups in total. The third-order valence-electron chi connectivity index (χ3n) is 5.32. The molecule has 5 heteroatoms. The van der Waals surface area contributed by atoms with Gasteiger partial charge in [0.15, 0.2) is 0 Å². The fraction of sp³-hybridized carbons (Fsp3) is 0.250. The number of benzene rings is 2. The van der Waals surface area contributed by atoms with E-state index in [0.717, 1.165) is 11.9 Å². The van der Waals surface area contributed by atoms with Gasteiger partial charge in [-0.1, -0.05) is 24.3 Å². The number of amides is 2. The zero-order valence-electron chi connectivity index (χ0n) is 13.8. The van der Waals surface area contributed by atoms with E-state index in [9.17, 15) is 9.59 Å². The maximum absolute atomic E-state index is 12.5. The highest BCUT2D eigenvalue weighted by Crippen LogP contribution is 2.50. The molecule has 0 unspecified atom stereocenters. The van der Waals surface area contributed by atoms with Crippen molar-refractivity contribution in [2.45, 2.75) is 12.3 Å². The first kappa shape index (κ1) is 14.4. The molecule has 1 saturated carbocycles. The van der Waals surface area contributed by atoms with E-state index < -0.39 is 0 Å². The van der Waals surface area contributed by atoms with Gasteiger partial charge in [0.1, 0.15) is 0 Å². The topological polar surface area (TPSA) is 55.2 Å². The molecule has 1 fully saturated rings. The number of nitrogens with zero attached hydrogens (tertiary/aromatic N) is 3. The maximum Gasteiger partial charge on any atom is 0.261 e. The second kappa shape index (κ2) is 5.02. The van der Waals surface area contributed by atoms with Crippen LogP contribution in [0.2, 0.25) is 0 Å². The van der Waals surface area contributed by atoms with Crippen molar-refractivity contribution in [1.29, 1.82) is 0 Å². The highest BCUT2D eigenvalue weighted by molar-refractivity contribution is 6.21. The molecule has 2 heterocycles. The van der Waals surface area contributed by atoms with Gasteiger partial charge in [-0.05, 0) is 42.0 Å². The van der Waals surface area contributed by atoms with Gasteiger partial charge in [0, 0.05) is 25.2 Å². The highest BCUT2D eigenvalue weighted by atomic mass is 16.2. The van der Waals surface area contributed by atoms with E-state index in [4.69, 9.17) is 0 Å². The predicted octanol–water partition coefficient (Wildman–Crippen LogP) is 2.97. The van der Waals surface area contributed by atoms with Gasteiger partial charge in [-0.15, -0.1) is 0 Å². The van der Waals surface area contributed by atoms with Gasteiger partial charge in [0.25, 0.3) is 11.8 Å². The number of hydrogen-bond donors (Lipinski definition) is 0. The Bertz CT molecular complexity index is 1000. The van der Waals surface area contributed by atoms with E-state index in [2.05, 4.69) is 11.2 Å². The van der Waals surface area contributed by atoms with Crippen LogP contribution in [0.3, 0.4) is 0 Å². The van der Waals surface area contributed by atoms with Crippen molar-refractivity contribution in [2.24, 2.45) is 13.0 Å². The summed E-state index contributed by atoms with van der Waals surface area (Å²) in [5, 5.41) is 5.63. The number of rotatable bonds is 3. The van der Waals surface area contributed by atoms with Crippen molar-refractivity contribution in [3.05, 3.63) is 65.4 Å². The molecule has 0 saturated heterocycles. The Labute approximate surface area is 144 Å². The number of carbonyl (C=O) groups excluding carboxylic acids is 2. The van der Waals surface area contributed by atoms with Crippen LogP contribution in [0.4, 0.5) is 0 Å². The van der Waals surface area contributed by atoms with Crippen LogP contribution in [0.5, 0.6) is 0 Å². The third kappa shape index (κ3) is 2.12. The smallest absolute Gasteiger partial charge is 0.261 e. The van der Waals surface area contributed by atoms with Crippen LogP contribution < -0.4 is 0 Å². The summed E-state index contributed by atoms with van der Waals surface area (Å²) in [4.78, 5) is 26.5. The van der Waals surface area contributed by atoms with E-state index in [1.54, 1.807) is 24.3 Å². The largest absolute Gasteiger partial charge is 0.275 e. The lowest BCUT2D eigenvalue weighted by Crippen LogP contribution is -2.32. The van der Waals surface area contributed by atoms with Gasteiger partial charge in [-0.25, -0.2) is 0 Å². The molecular formula is C20H17N3O2. The molecule has 3 aromatic rings. The van der Waals surface area contributed by atoms with Crippen LogP contribution in [-0.4, -0.2) is 33.0 Å². The Morgan fingerprint density at radius 2 is 1.76 bits per heavy atom. The van der Waals surface area contributed by atoms with Gasteiger partial charge < -0.3 is 0 Å². The Kier molecular flexibility index (Phi) is 2.89. The molecule has 2 aliphatic rings. The molecule has 1 aromatic heterocycles. The zero-order chi connectivity index (χ0) is 17.1. The Balaban J connectivity index is 1.39. The zero-order valence-corrected chi connectivity index (χ0v) is 13.8. The predicted molar refractivity (Wildman–Crippen MR) is 93.4 cm³/mol. The summed E-state index contributed by atoms with van der Waals surface area (Å²) in [6, 6.07) is 13.2.